The van der Waals surface area contributed by atoms with Gasteiger partial charge in [0, 0.05) is 6.42 Å². The first-order valence-corrected chi connectivity index (χ1v) is 6.83. The van der Waals surface area contributed by atoms with Crippen LogP contribution in [0.5, 0.6) is 0 Å². The number of carbonyl (C=O) groups is 1. The van der Waals surface area contributed by atoms with Gasteiger partial charge in [-0.15, -0.1) is 0 Å². The van der Waals surface area contributed by atoms with Gasteiger partial charge < -0.3 is 9.79 Å². The summed E-state index contributed by atoms with van der Waals surface area (Å²) in [7, 11) is -4.14. The Labute approximate surface area is 83.9 Å². The summed E-state index contributed by atoms with van der Waals surface area (Å²) < 4.78 is 10.6. The highest BCUT2D eigenvalue weighted by molar-refractivity contribution is 7.52. The van der Waals surface area contributed by atoms with E-state index in [2.05, 4.69) is 0 Å². The van der Waals surface area contributed by atoms with Crippen molar-refractivity contribution in [3.05, 3.63) is 0 Å². The highest BCUT2D eigenvalue weighted by Crippen LogP contribution is 2.35. The summed E-state index contributed by atoms with van der Waals surface area (Å²) in [4.78, 5) is 28.5. The van der Waals surface area contributed by atoms with Crippen molar-refractivity contribution in [3.63, 3.8) is 0 Å². The van der Waals surface area contributed by atoms with Gasteiger partial charge in [-0.1, -0.05) is 32.1 Å². The van der Waals surface area contributed by atoms with Crippen molar-refractivity contribution < 1.29 is 19.1 Å². The Kier molecular flexibility index (Phi) is 4.30. The number of hydrogen-bond donors (Lipinski definition) is 2. The maximum absolute atomic E-state index is 11.2. The Morgan fingerprint density at radius 1 is 1.21 bits per heavy atom. The van der Waals surface area contributed by atoms with E-state index in [0.29, 0.717) is 12.3 Å². The Morgan fingerprint density at radius 2 is 1.79 bits per heavy atom. The van der Waals surface area contributed by atoms with Crippen LogP contribution in [0.4, 0.5) is 0 Å². The molecule has 1 rings (SSSR count). The molecule has 5 heteroatoms. The van der Waals surface area contributed by atoms with Crippen LogP contribution in [0.25, 0.3) is 0 Å². The van der Waals surface area contributed by atoms with Crippen molar-refractivity contribution in [1.82, 2.24) is 0 Å². The molecule has 1 aliphatic carbocycles. The fourth-order valence-corrected chi connectivity index (χ4v) is 2.60. The first kappa shape index (κ1) is 11.9. The fraction of sp³-hybridized carbons (Fsp3) is 0.889. The lowest BCUT2D eigenvalue weighted by Gasteiger charge is -2.20. The van der Waals surface area contributed by atoms with Gasteiger partial charge in [-0.2, -0.15) is 0 Å². The number of ketones is 1. The van der Waals surface area contributed by atoms with Crippen LogP contribution in [-0.2, 0) is 9.36 Å². The highest BCUT2D eigenvalue weighted by atomic mass is 31.2. The Morgan fingerprint density at radius 3 is 2.29 bits per heavy atom. The topological polar surface area (TPSA) is 74.6 Å². The molecule has 0 radical (unpaired) electrons. The van der Waals surface area contributed by atoms with Crippen LogP contribution in [0, 0.1) is 5.92 Å². The standard InChI is InChI=1S/C9H17O4P/c10-9(7-14(11,12)13)6-8-4-2-1-3-5-8/h8H,1-7H2,(H2,11,12,13). The minimum absolute atomic E-state index is 0.287. The molecule has 4 nitrogen and oxygen atoms in total. The van der Waals surface area contributed by atoms with Gasteiger partial charge in [-0.05, 0) is 5.92 Å². The summed E-state index contributed by atoms with van der Waals surface area (Å²) in [6, 6.07) is 0. The van der Waals surface area contributed by atoms with E-state index in [1.807, 2.05) is 0 Å². The average Bonchev–Trinajstić information content (AvgIpc) is 2.02. The minimum atomic E-state index is -4.14. The van der Waals surface area contributed by atoms with E-state index >= 15 is 0 Å². The zero-order valence-corrected chi connectivity index (χ0v) is 9.08. The second-order valence-corrected chi connectivity index (χ2v) is 5.72. The summed E-state index contributed by atoms with van der Waals surface area (Å²) in [6.07, 6.45) is 5.36. The molecule has 0 heterocycles. The molecule has 0 spiro atoms. The van der Waals surface area contributed by atoms with Gasteiger partial charge in [0.05, 0.1) is 0 Å². The molecule has 14 heavy (non-hydrogen) atoms. The molecule has 0 aromatic rings. The molecule has 1 saturated carbocycles. The van der Waals surface area contributed by atoms with Crippen LogP contribution in [0.1, 0.15) is 38.5 Å². The van der Waals surface area contributed by atoms with Gasteiger partial charge in [-0.3, -0.25) is 9.36 Å². The number of rotatable bonds is 4. The predicted octanol–water partition coefficient (Wildman–Crippen LogP) is 1.70. The quantitative estimate of drug-likeness (QED) is 0.707. The van der Waals surface area contributed by atoms with Crippen LogP contribution in [0.3, 0.4) is 0 Å². The molecule has 0 aliphatic heterocycles. The summed E-state index contributed by atoms with van der Waals surface area (Å²) in [6.45, 7) is 0. The van der Waals surface area contributed by atoms with E-state index in [1.54, 1.807) is 0 Å². The SMILES string of the molecule is O=C(CC1CCCCC1)CP(=O)(O)O. The number of Topliss-reactive ketones (excluding diaryl/α,β-unsaturated/α-hetero) is 1. The monoisotopic (exact) mass is 220 g/mol. The molecule has 82 valence electrons. The molecule has 1 aliphatic rings. The molecule has 0 saturated heterocycles. The lowest BCUT2D eigenvalue weighted by Crippen LogP contribution is -2.14. The lowest BCUT2D eigenvalue weighted by atomic mass is 9.86. The molecular weight excluding hydrogens is 203 g/mol. The van der Waals surface area contributed by atoms with Crippen molar-refractivity contribution in [2.24, 2.45) is 5.92 Å². The van der Waals surface area contributed by atoms with Gasteiger partial charge in [0.25, 0.3) is 0 Å². The first-order chi connectivity index (χ1) is 6.47. The molecule has 0 atom stereocenters. The minimum Gasteiger partial charge on any atom is -0.324 e. The molecule has 0 unspecified atom stereocenters. The maximum Gasteiger partial charge on any atom is 0.332 e. The zero-order chi connectivity index (χ0) is 10.6. The molecule has 0 aromatic carbocycles. The van der Waals surface area contributed by atoms with Crippen molar-refractivity contribution >= 4 is 13.4 Å². The van der Waals surface area contributed by atoms with Crippen LogP contribution >= 0.6 is 7.60 Å². The number of carbonyl (C=O) groups excluding carboxylic acids is 1. The van der Waals surface area contributed by atoms with Gasteiger partial charge in [0.1, 0.15) is 11.9 Å². The van der Waals surface area contributed by atoms with Gasteiger partial charge >= 0.3 is 7.60 Å². The molecule has 2 N–H and O–H groups in total. The van der Waals surface area contributed by atoms with E-state index in [4.69, 9.17) is 9.79 Å². The van der Waals surface area contributed by atoms with Crippen LogP contribution in [0.15, 0.2) is 0 Å². The van der Waals surface area contributed by atoms with Crippen molar-refractivity contribution in [1.29, 1.82) is 0 Å². The third kappa shape index (κ3) is 4.89. The predicted molar refractivity (Wildman–Crippen MR) is 53.1 cm³/mol. The Hall–Kier alpha value is -0.180. The van der Waals surface area contributed by atoms with E-state index in [-0.39, 0.29) is 5.78 Å². The molecule has 0 bridgehead atoms. The van der Waals surface area contributed by atoms with E-state index in [0.717, 1.165) is 25.7 Å². The largest absolute Gasteiger partial charge is 0.332 e. The molecule has 0 aromatic heterocycles. The van der Waals surface area contributed by atoms with Crippen LogP contribution < -0.4 is 0 Å². The maximum atomic E-state index is 11.2. The van der Waals surface area contributed by atoms with Crippen LogP contribution in [-0.4, -0.2) is 21.7 Å². The second-order valence-electron chi connectivity index (χ2n) is 4.07. The third-order valence-corrected chi connectivity index (χ3v) is 3.39. The zero-order valence-electron chi connectivity index (χ0n) is 8.19. The molecule has 0 amide bonds. The van der Waals surface area contributed by atoms with Gasteiger partial charge in [0.15, 0.2) is 0 Å². The summed E-state index contributed by atoms with van der Waals surface area (Å²) in [5.74, 6) is 0.0769. The Balaban J connectivity index is 2.29. The lowest BCUT2D eigenvalue weighted by molar-refractivity contribution is -0.118. The summed E-state index contributed by atoms with van der Waals surface area (Å²) in [5, 5.41) is 0. The third-order valence-electron chi connectivity index (χ3n) is 2.62. The van der Waals surface area contributed by atoms with Gasteiger partial charge in [-0.25, -0.2) is 0 Å². The summed E-state index contributed by atoms with van der Waals surface area (Å²) >= 11 is 0. The Bertz CT molecular complexity index is 239. The number of hydrogen-bond acceptors (Lipinski definition) is 2. The van der Waals surface area contributed by atoms with Crippen molar-refractivity contribution in [2.45, 2.75) is 38.5 Å². The summed E-state index contributed by atoms with van der Waals surface area (Å²) in [5.41, 5.74) is 0. The average molecular weight is 220 g/mol. The van der Waals surface area contributed by atoms with Crippen LogP contribution in [0.2, 0.25) is 0 Å². The van der Waals surface area contributed by atoms with E-state index in [9.17, 15) is 9.36 Å². The first-order valence-electron chi connectivity index (χ1n) is 5.03. The van der Waals surface area contributed by atoms with Gasteiger partial charge in [0.2, 0.25) is 0 Å². The fourth-order valence-electron chi connectivity index (χ4n) is 2.01. The smallest absolute Gasteiger partial charge is 0.324 e. The highest BCUT2D eigenvalue weighted by Gasteiger charge is 2.22. The second kappa shape index (κ2) is 5.06. The van der Waals surface area contributed by atoms with E-state index < -0.39 is 13.8 Å². The van der Waals surface area contributed by atoms with Crippen molar-refractivity contribution in [2.75, 3.05) is 6.16 Å². The normalized spacial score (nSPS) is 19.6. The van der Waals surface area contributed by atoms with E-state index in [1.165, 1.54) is 6.42 Å². The molecular formula is C9H17O4P. The van der Waals surface area contributed by atoms with Crippen molar-refractivity contribution in [3.8, 4) is 0 Å². The molecule has 1 fully saturated rings.